The molecule has 0 N–H and O–H groups in total. The molecule has 0 fully saturated rings. The second-order valence-electron chi connectivity index (χ2n) is 7.49. The second kappa shape index (κ2) is 7.29. The lowest BCUT2D eigenvalue weighted by Crippen LogP contribution is -2.20. The van der Waals surface area contributed by atoms with Gasteiger partial charge >= 0.3 is 0 Å². The third-order valence-electron chi connectivity index (χ3n) is 5.14. The van der Waals surface area contributed by atoms with Gasteiger partial charge in [-0.1, -0.05) is 70.2 Å². The minimum absolute atomic E-state index is 0.496. The minimum Gasteiger partial charge on any atom is -0.334 e. The van der Waals surface area contributed by atoms with Crippen LogP contribution in [0.25, 0.3) is 11.1 Å². The van der Waals surface area contributed by atoms with E-state index in [1.165, 1.54) is 38.5 Å². The summed E-state index contributed by atoms with van der Waals surface area (Å²) in [5.74, 6) is 2.01. The molecule has 0 saturated heterocycles. The lowest BCUT2D eigenvalue weighted by Gasteiger charge is -2.30. The molecule has 25 heavy (non-hydrogen) atoms. The number of anilines is 1. The summed E-state index contributed by atoms with van der Waals surface area (Å²) in [6, 6.07) is 15.6. The number of hydrogen-bond acceptors (Lipinski definition) is 2. The van der Waals surface area contributed by atoms with Crippen LogP contribution < -0.4 is 4.90 Å². The first-order valence-corrected chi connectivity index (χ1v) is 10.2. The zero-order valence-corrected chi connectivity index (χ0v) is 17.1. The van der Waals surface area contributed by atoms with Gasteiger partial charge in [-0.15, -0.1) is 11.8 Å². The molecule has 0 radical (unpaired) electrons. The highest BCUT2D eigenvalue weighted by molar-refractivity contribution is 8.03. The Hall–Kier alpha value is -1.67. The van der Waals surface area contributed by atoms with Crippen molar-refractivity contribution >= 4 is 17.4 Å². The molecule has 1 aliphatic heterocycles. The van der Waals surface area contributed by atoms with Crippen LogP contribution in [0.2, 0.25) is 0 Å². The summed E-state index contributed by atoms with van der Waals surface area (Å²) in [5.41, 5.74) is 8.42. The first-order chi connectivity index (χ1) is 11.9. The molecule has 3 rings (SSSR count). The Labute approximate surface area is 157 Å². The highest BCUT2D eigenvalue weighted by Gasteiger charge is 2.27. The second-order valence-corrected chi connectivity index (χ2v) is 8.65. The number of hydrogen-bond donors (Lipinski definition) is 0. The van der Waals surface area contributed by atoms with Gasteiger partial charge in [0.1, 0.15) is 0 Å². The SMILES string of the molecule is CC1=C(C)N(c2c(C(C)C)ccc(C(C)C)c2-c2ccccc2)CS1. The van der Waals surface area contributed by atoms with Crippen molar-refractivity contribution in [2.24, 2.45) is 0 Å². The van der Waals surface area contributed by atoms with Crippen molar-refractivity contribution in [1.82, 2.24) is 0 Å². The van der Waals surface area contributed by atoms with Crippen molar-refractivity contribution in [3.8, 4) is 11.1 Å². The zero-order chi connectivity index (χ0) is 18.1. The maximum absolute atomic E-state index is 2.53. The Morgan fingerprint density at radius 1 is 0.840 bits per heavy atom. The van der Waals surface area contributed by atoms with Crippen LogP contribution in [0.15, 0.2) is 53.1 Å². The van der Waals surface area contributed by atoms with Crippen molar-refractivity contribution in [2.45, 2.75) is 53.4 Å². The van der Waals surface area contributed by atoms with E-state index in [9.17, 15) is 0 Å². The van der Waals surface area contributed by atoms with Gasteiger partial charge in [-0.05, 0) is 42.4 Å². The van der Waals surface area contributed by atoms with Crippen LogP contribution in [0.3, 0.4) is 0 Å². The third kappa shape index (κ3) is 3.37. The largest absolute Gasteiger partial charge is 0.334 e. The Bertz CT molecular complexity index is 787. The maximum Gasteiger partial charge on any atom is 0.0729 e. The molecule has 0 aromatic heterocycles. The molecular weight excluding hydrogens is 322 g/mol. The van der Waals surface area contributed by atoms with Gasteiger partial charge in [-0.25, -0.2) is 0 Å². The van der Waals surface area contributed by atoms with Crippen LogP contribution in [0, 0.1) is 0 Å². The first kappa shape index (κ1) is 18.1. The van der Waals surface area contributed by atoms with Crippen molar-refractivity contribution < 1.29 is 0 Å². The smallest absolute Gasteiger partial charge is 0.0729 e. The number of nitrogens with zero attached hydrogens (tertiary/aromatic N) is 1. The fourth-order valence-corrected chi connectivity index (χ4v) is 4.52. The number of allylic oxidation sites excluding steroid dienone is 2. The van der Waals surface area contributed by atoms with Gasteiger partial charge in [0, 0.05) is 16.2 Å². The van der Waals surface area contributed by atoms with Crippen molar-refractivity contribution in [1.29, 1.82) is 0 Å². The van der Waals surface area contributed by atoms with Gasteiger partial charge < -0.3 is 4.90 Å². The van der Waals surface area contributed by atoms with Gasteiger partial charge in [0.15, 0.2) is 0 Å². The van der Waals surface area contributed by atoms with E-state index in [0.717, 1.165) is 5.88 Å². The van der Waals surface area contributed by atoms with E-state index in [0.29, 0.717) is 11.8 Å². The van der Waals surface area contributed by atoms with Crippen molar-refractivity contribution in [3.63, 3.8) is 0 Å². The monoisotopic (exact) mass is 351 g/mol. The molecule has 0 aliphatic carbocycles. The fourth-order valence-electron chi connectivity index (χ4n) is 3.55. The number of benzene rings is 2. The van der Waals surface area contributed by atoms with E-state index in [4.69, 9.17) is 0 Å². The normalized spacial score (nSPS) is 15.0. The van der Waals surface area contributed by atoms with Crippen molar-refractivity contribution in [2.75, 3.05) is 10.8 Å². The Morgan fingerprint density at radius 2 is 1.44 bits per heavy atom. The van der Waals surface area contributed by atoms with Gasteiger partial charge in [0.2, 0.25) is 0 Å². The highest BCUT2D eigenvalue weighted by atomic mass is 32.2. The Kier molecular flexibility index (Phi) is 5.29. The molecule has 0 unspecified atom stereocenters. The summed E-state index contributed by atoms with van der Waals surface area (Å²) in [6.45, 7) is 13.7. The van der Waals surface area contributed by atoms with E-state index in [-0.39, 0.29) is 0 Å². The molecule has 2 aromatic rings. The lowest BCUT2D eigenvalue weighted by molar-refractivity contribution is 0.839. The predicted octanol–water partition coefficient (Wildman–Crippen LogP) is 7.36. The van der Waals surface area contributed by atoms with E-state index in [1.807, 2.05) is 11.8 Å². The molecule has 0 bridgehead atoms. The van der Waals surface area contributed by atoms with E-state index in [2.05, 4.69) is 88.9 Å². The van der Waals surface area contributed by atoms with Crippen LogP contribution in [-0.2, 0) is 0 Å². The quantitative estimate of drug-likeness (QED) is 0.566. The standard InChI is InChI=1S/C23H29NS/c1-15(2)20-12-13-21(16(3)4)23(24-14-25-18(6)17(24)5)22(20)19-10-8-7-9-11-19/h7-13,15-16H,14H2,1-6H3. The molecule has 2 aromatic carbocycles. The van der Waals surface area contributed by atoms with Crippen LogP contribution >= 0.6 is 11.8 Å². The summed E-state index contributed by atoms with van der Waals surface area (Å²) in [6.07, 6.45) is 0. The Balaban J connectivity index is 2.35. The van der Waals surface area contributed by atoms with Gasteiger partial charge in [-0.2, -0.15) is 0 Å². The molecule has 0 saturated carbocycles. The highest BCUT2D eigenvalue weighted by Crippen LogP contribution is 2.46. The molecular formula is C23H29NS. The van der Waals surface area contributed by atoms with Gasteiger partial charge in [0.05, 0.1) is 11.6 Å². The van der Waals surface area contributed by atoms with E-state index < -0.39 is 0 Å². The fraction of sp³-hybridized carbons (Fsp3) is 0.391. The molecule has 1 aliphatic rings. The molecule has 0 amide bonds. The summed E-state index contributed by atoms with van der Waals surface area (Å²) >= 11 is 1.95. The van der Waals surface area contributed by atoms with Crippen LogP contribution in [0.5, 0.6) is 0 Å². The van der Waals surface area contributed by atoms with Crippen LogP contribution in [0.1, 0.15) is 64.5 Å². The van der Waals surface area contributed by atoms with Gasteiger partial charge in [-0.3, -0.25) is 0 Å². The average Bonchev–Trinajstić information content (AvgIpc) is 2.93. The predicted molar refractivity (Wildman–Crippen MR) is 113 cm³/mol. The summed E-state index contributed by atoms with van der Waals surface area (Å²) < 4.78 is 0. The van der Waals surface area contributed by atoms with Crippen molar-refractivity contribution in [3.05, 3.63) is 64.2 Å². The molecule has 132 valence electrons. The third-order valence-corrected chi connectivity index (χ3v) is 6.26. The number of thioether (sulfide) groups is 1. The summed E-state index contributed by atoms with van der Waals surface area (Å²) in [5, 5.41) is 0. The molecule has 2 heteroatoms. The average molecular weight is 352 g/mol. The van der Waals surface area contributed by atoms with Crippen LogP contribution in [0.4, 0.5) is 5.69 Å². The topological polar surface area (TPSA) is 3.24 Å². The summed E-state index contributed by atoms with van der Waals surface area (Å²) in [7, 11) is 0. The Morgan fingerprint density at radius 3 is 1.96 bits per heavy atom. The first-order valence-electron chi connectivity index (χ1n) is 9.21. The summed E-state index contributed by atoms with van der Waals surface area (Å²) in [4.78, 5) is 3.97. The zero-order valence-electron chi connectivity index (χ0n) is 16.3. The minimum atomic E-state index is 0.496. The molecule has 1 nitrogen and oxygen atoms in total. The van der Waals surface area contributed by atoms with E-state index >= 15 is 0 Å². The maximum atomic E-state index is 2.53. The molecule has 1 heterocycles. The van der Waals surface area contributed by atoms with Crippen LogP contribution in [-0.4, -0.2) is 5.88 Å². The van der Waals surface area contributed by atoms with Gasteiger partial charge in [0.25, 0.3) is 0 Å². The molecule has 0 atom stereocenters. The number of rotatable bonds is 4. The molecule has 0 spiro atoms. The lowest BCUT2D eigenvalue weighted by atomic mass is 9.86. The van der Waals surface area contributed by atoms with E-state index in [1.54, 1.807) is 0 Å².